The van der Waals surface area contributed by atoms with Gasteiger partial charge in [-0.05, 0) is 47.7 Å². The summed E-state index contributed by atoms with van der Waals surface area (Å²) >= 11 is 0. The molecule has 1 saturated heterocycles. The first-order chi connectivity index (χ1) is 8.34. The minimum atomic E-state index is 0.660. The zero-order valence-corrected chi connectivity index (χ0v) is 10.3. The zero-order chi connectivity index (χ0) is 11.7. The van der Waals surface area contributed by atoms with E-state index in [1.807, 2.05) is 0 Å². The first-order valence-electron chi connectivity index (χ1n) is 6.53. The molecule has 1 heterocycles. The molecule has 1 aliphatic rings. The van der Waals surface area contributed by atoms with E-state index in [9.17, 15) is 0 Å². The van der Waals surface area contributed by atoms with E-state index < -0.39 is 0 Å². The Hall–Kier alpha value is -1.34. The Morgan fingerprint density at radius 2 is 1.88 bits per heavy atom. The molecule has 0 spiro atoms. The number of fused-ring (bicyclic) bond motifs is 1. The van der Waals surface area contributed by atoms with Crippen molar-refractivity contribution in [2.24, 2.45) is 5.92 Å². The van der Waals surface area contributed by atoms with Crippen molar-refractivity contribution in [3.05, 3.63) is 48.0 Å². The fourth-order valence-corrected chi connectivity index (χ4v) is 2.82. The van der Waals surface area contributed by atoms with Crippen LogP contribution in [0.15, 0.2) is 42.5 Å². The highest BCUT2D eigenvalue weighted by Gasteiger charge is 2.20. The number of benzene rings is 2. The van der Waals surface area contributed by atoms with E-state index in [2.05, 4.69) is 54.7 Å². The summed E-state index contributed by atoms with van der Waals surface area (Å²) in [5.41, 5.74) is 1.51. The van der Waals surface area contributed by atoms with Crippen LogP contribution in [0, 0.1) is 5.92 Å². The molecule has 1 fully saturated rings. The third-order valence-corrected chi connectivity index (χ3v) is 3.91. The van der Waals surface area contributed by atoms with E-state index in [1.165, 1.54) is 35.8 Å². The van der Waals surface area contributed by atoms with Gasteiger partial charge in [0.1, 0.15) is 0 Å². The molecule has 1 aliphatic heterocycles. The van der Waals surface area contributed by atoms with E-state index in [0.717, 1.165) is 5.92 Å². The second-order valence-corrected chi connectivity index (χ2v) is 5.23. The molecule has 0 saturated carbocycles. The van der Waals surface area contributed by atoms with Crippen LogP contribution in [0.3, 0.4) is 0 Å². The molecule has 0 bridgehead atoms. The van der Waals surface area contributed by atoms with Crippen molar-refractivity contribution in [2.45, 2.75) is 19.3 Å². The molecule has 0 amide bonds. The second-order valence-electron chi connectivity index (χ2n) is 5.23. The molecule has 0 unspecified atom stereocenters. The molecule has 0 aromatic heterocycles. The Balaban J connectivity index is 1.92. The molecule has 1 heteroatoms. The fraction of sp³-hybridized carbons (Fsp3) is 0.375. The van der Waals surface area contributed by atoms with Gasteiger partial charge in [0.25, 0.3) is 0 Å². The number of hydrogen-bond donors (Lipinski definition) is 1. The predicted octanol–water partition coefficient (Wildman–Crippen LogP) is 3.55. The van der Waals surface area contributed by atoms with Crippen LogP contribution in [0.25, 0.3) is 10.8 Å². The van der Waals surface area contributed by atoms with Crippen molar-refractivity contribution in [1.82, 2.24) is 5.32 Å². The van der Waals surface area contributed by atoms with Crippen LogP contribution in [-0.2, 0) is 0 Å². The summed E-state index contributed by atoms with van der Waals surface area (Å²) in [6, 6.07) is 15.4. The SMILES string of the molecule is C[C@@H](CC1CNC1)c1cccc2ccccc12. The van der Waals surface area contributed by atoms with Gasteiger partial charge in [0.05, 0.1) is 0 Å². The Bertz CT molecular complexity index is 508. The van der Waals surface area contributed by atoms with Crippen LogP contribution in [-0.4, -0.2) is 13.1 Å². The molecule has 1 nitrogen and oxygen atoms in total. The monoisotopic (exact) mass is 225 g/mol. The lowest BCUT2D eigenvalue weighted by Gasteiger charge is -2.30. The van der Waals surface area contributed by atoms with Gasteiger partial charge in [-0.15, -0.1) is 0 Å². The van der Waals surface area contributed by atoms with Crippen molar-refractivity contribution in [3.63, 3.8) is 0 Å². The molecule has 1 N–H and O–H groups in total. The maximum Gasteiger partial charge on any atom is -0.000804 e. The van der Waals surface area contributed by atoms with E-state index in [-0.39, 0.29) is 0 Å². The summed E-state index contributed by atoms with van der Waals surface area (Å²) in [6.45, 7) is 4.77. The summed E-state index contributed by atoms with van der Waals surface area (Å²) < 4.78 is 0. The van der Waals surface area contributed by atoms with Crippen LogP contribution >= 0.6 is 0 Å². The Kier molecular flexibility index (Phi) is 2.86. The molecule has 17 heavy (non-hydrogen) atoms. The van der Waals surface area contributed by atoms with Crippen LogP contribution in [0.5, 0.6) is 0 Å². The number of hydrogen-bond acceptors (Lipinski definition) is 1. The summed E-state index contributed by atoms with van der Waals surface area (Å²) in [6.07, 6.45) is 1.31. The molecule has 0 aliphatic carbocycles. The lowest BCUT2D eigenvalue weighted by atomic mass is 9.85. The molecule has 0 radical (unpaired) electrons. The highest BCUT2D eigenvalue weighted by Crippen LogP contribution is 2.30. The fourth-order valence-electron chi connectivity index (χ4n) is 2.82. The Labute approximate surface area is 103 Å². The third-order valence-electron chi connectivity index (χ3n) is 3.91. The first-order valence-corrected chi connectivity index (χ1v) is 6.53. The standard InChI is InChI=1S/C16H19N/c1-12(9-13-10-17-11-13)15-8-4-6-14-5-2-3-7-16(14)15/h2-8,12-13,17H,9-11H2,1H3/t12-/m0/s1. The average molecular weight is 225 g/mol. The summed E-state index contributed by atoms with van der Waals surface area (Å²) in [7, 11) is 0. The molecule has 88 valence electrons. The van der Waals surface area contributed by atoms with Crippen LogP contribution in [0.2, 0.25) is 0 Å². The Morgan fingerprint density at radius 1 is 1.12 bits per heavy atom. The summed E-state index contributed by atoms with van der Waals surface area (Å²) in [5.74, 6) is 1.54. The van der Waals surface area contributed by atoms with Crippen molar-refractivity contribution < 1.29 is 0 Å². The highest BCUT2D eigenvalue weighted by molar-refractivity contribution is 5.86. The van der Waals surface area contributed by atoms with E-state index in [1.54, 1.807) is 0 Å². The van der Waals surface area contributed by atoms with Gasteiger partial charge in [-0.25, -0.2) is 0 Å². The molecule has 2 aromatic carbocycles. The molecule has 1 atom stereocenters. The van der Waals surface area contributed by atoms with Crippen LogP contribution in [0.1, 0.15) is 24.8 Å². The topological polar surface area (TPSA) is 12.0 Å². The van der Waals surface area contributed by atoms with Crippen molar-refractivity contribution in [1.29, 1.82) is 0 Å². The molecular weight excluding hydrogens is 206 g/mol. The minimum Gasteiger partial charge on any atom is -0.316 e. The van der Waals surface area contributed by atoms with E-state index >= 15 is 0 Å². The molecular formula is C16H19N. The van der Waals surface area contributed by atoms with Crippen LogP contribution < -0.4 is 5.32 Å². The quantitative estimate of drug-likeness (QED) is 0.842. The molecule has 2 aromatic rings. The van der Waals surface area contributed by atoms with Gasteiger partial charge in [-0.2, -0.15) is 0 Å². The summed E-state index contributed by atoms with van der Waals surface area (Å²) in [5, 5.41) is 6.15. The van der Waals surface area contributed by atoms with E-state index in [4.69, 9.17) is 0 Å². The number of rotatable bonds is 3. The normalized spacial score (nSPS) is 17.9. The van der Waals surface area contributed by atoms with Gasteiger partial charge in [0, 0.05) is 0 Å². The maximum absolute atomic E-state index is 3.36. The Morgan fingerprint density at radius 3 is 2.65 bits per heavy atom. The van der Waals surface area contributed by atoms with Crippen molar-refractivity contribution in [3.8, 4) is 0 Å². The van der Waals surface area contributed by atoms with Gasteiger partial charge in [-0.1, -0.05) is 49.4 Å². The first kappa shape index (κ1) is 10.8. The van der Waals surface area contributed by atoms with Crippen molar-refractivity contribution >= 4 is 10.8 Å². The van der Waals surface area contributed by atoms with Gasteiger partial charge < -0.3 is 5.32 Å². The summed E-state index contributed by atoms with van der Waals surface area (Å²) in [4.78, 5) is 0. The van der Waals surface area contributed by atoms with E-state index in [0.29, 0.717) is 5.92 Å². The predicted molar refractivity (Wildman–Crippen MR) is 73.3 cm³/mol. The zero-order valence-electron chi connectivity index (χ0n) is 10.3. The van der Waals surface area contributed by atoms with Gasteiger partial charge >= 0.3 is 0 Å². The van der Waals surface area contributed by atoms with Gasteiger partial charge in [-0.3, -0.25) is 0 Å². The third kappa shape index (κ3) is 2.07. The average Bonchev–Trinajstić information content (AvgIpc) is 2.33. The van der Waals surface area contributed by atoms with Gasteiger partial charge in [0.2, 0.25) is 0 Å². The van der Waals surface area contributed by atoms with Crippen LogP contribution in [0.4, 0.5) is 0 Å². The number of nitrogens with one attached hydrogen (secondary N) is 1. The lowest BCUT2D eigenvalue weighted by Crippen LogP contribution is -2.42. The second kappa shape index (κ2) is 4.50. The van der Waals surface area contributed by atoms with Gasteiger partial charge in [0.15, 0.2) is 0 Å². The minimum absolute atomic E-state index is 0.660. The van der Waals surface area contributed by atoms with Crippen molar-refractivity contribution in [2.75, 3.05) is 13.1 Å². The lowest BCUT2D eigenvalue weighted by molar-refractivity contribution is 0.311. The highest BCUT2D eigenvalue weighted by atomic mass is 14.9. The molecule has 3 rings (SSSR count). The maximum atomic E-state index is 3.36. The smallest absolute Gasteiger partial charge is 0.000804 e. The largest absolute Gasteiger partial charge is 0.316 e.